The number of hydrogen-bond acceptors (Lipinski definition) is 2. The summed E-state index contributed by atoms with van der Waals surface area (Å²) >= 11 is 4.03. The molecule has 0 aliphatic heterocycles. The van der Waals surface area contributed by atoms with E-state index in [9.17, 15) is 0 Å². The van der Waals surface area contributed by atoms with Gasteiger partial charge < -0.3 is 0 Å². The fourth-order valence-corrected chi connectivity index (χ4v) is 8.99. The first kappa shape index (κ1) is 14.8. The van der Waals surface area contributed by atoms with Crippen LogP contribution in [0.2, 0.25) is 0 Å². The third-order valence-electron chi connectivity index (χ3n) is 1.17. The Bertz CT molecular complexity index is 126. The molecule has 0 aliphatic carbocycles. The molecular weight excluding hydrogens is 466 g/mol. The zero-order chi connectivity index (χ0) is 10.5. The summed E-state index contributed by atoms with van der Waals surface area (Å²) in [5.74, 6) is 1.11. The Labute approximate surface area is 98.3 Å². The van der Waals surface area contributed by atoms with E-state index in [0.717, 1.165) is 13.2 Å². The molecule has 80 valence electrons. The Balaban J connectivity index is 3.66. The van der Waals surface area contributed by atoms with Gasteiger partial charge in [-0.25, -0.2) is 0 Å². The van der Waals surface area contributed by atoms with Gasteiger partial charge in [0, 0.05) is 0 Å². The van der Waals surface area contributed by atoms with Gasteiger partial charge in [0.25, 0.3) is 0 Å². The van der Waals surface area contributed by atoms with Crippen LogP contribution in [0, 0.1) is 11.8 Å². The molecule has 0 aromatic heterocycles. The first-order valence-corrected chi connectivity index (χ1v) is 23.1. The molecule has 0 heterocycles. The summed E-state index contributed by atoms with van der Waals surface area (Å²) in [4.78, 5) is 0. The first-order valence-electron chi connectivity index (χ1n) is 4.49. The summed E-state index contributed by atoms with van der Waals surface area (Å²) in [6.45, 7) is 10.0. The summed E-state index contributed by atoms with van der Waals surface area (Å²) in [5.41, 5.74) is 0. The summed E-state index contributed by atoms with van der Waals surface area (Å²) in [6.07, 6.45) is 0. The molecule has 0 saturated carbocycles. The quantitative estimate of drug-likeness (QED) is 0.532. The Morgan fingerprint density at radius 1 is 0.923 bits per heavy atom. The Hall–Kier alpha value is 1.75. The fraction of sp³-hybridized carbons (Fsp3) is 1.00. The van der Waals surface area contributed by atoms with Gasteiger partial charge in [0.2, 0.25) is 0 Å². The Kier molecular flexibility index (Phi) is 8.05. The molecule has 0 saturated heterocycles. The van der Waals surface area contributed by atoms with E-state index >= 15 is 0 Å². The summed E-state index contributed by atoms with van der Waals surface area (Å²) < 4.78 is 11.3. The van der Waals surface area contributed by atoms with Crippen molar-refractivity contribution in [3.05, 3.63) is 0 Å². The van der Waals surface area contributed by atoms with Gasteiger partial charge in [0.05, 0.1) is 0 Å². The van der Waals surface area contributed by atoms with E-state index in [2.05, 4.69) is 52.3 Å². The molecule has 0 bridgehead atoms. The summed E-state index contributed by atoms with van der Waals surface area (Å²) in [5, 5.41) is 0. The second kappa shape index (κ2) is 7.09. The van der Waals surface area contributed by atoms with Gasteiger partial charge in [-0.2, -0.15) is 0 Å². The van der Waals surface area contributed by atoms with E-state index < -0.39 is 16.2 Å². The van der Waals surface area contributed by atoms with Crippen molar-refractivity contribution in [3.8, 4) is 0 Å². The number of hydrogen-bond donors (Lipinski definition) is 0. The van der Waals surface area contributed by atoms with Gasteiger partial charge in [0.1, 0.15) is 0 Å². The molecule has 5 heteroatoms. The van der Waals surface area contributed by atoms with Crippen molar-refractivity contribution in [1.82, 2.24) is 0 Å². The number of halogens is 2. The molecule has 0 aliphatic rings. The van der Waals surface area contributed by atoms with Gasteiger partial charge in [-0.1, -0.05) is 0 Å². The molecule has 0 unspecified atom stereocenters. The van der Waals surface area contributed by atoms with E-state index in [1.807, 2.05) is 0 Å². The third-order valence-corrected chi connectivity index (χ3v) is 12.3. The maximum atomic E-state index is 5.67. The SMILES string of the molecule is CC(C)C[O][Hf]([Br])([Br])[O]CC(C)C. The molecule has 13 heavy (non-hydrogen) atoms. The van der Waals surface area contributed by atoms with E-state index in [4.69, 9.17) is 5.71 Å². The monoisotopic (exact) mass is 484 g/mol. The normalized spacial score (nSPS) is 12.9. The second-order valence-electron chi connectivity index (χ2n) is 3.87. The molecule has 2 nitrogen and oxygen atoms in total. The number of rotatable bonds is 6. The van der Waals surface area contributed by atoms with E-state index in [-0.39, 0.29) is 0 Å². The molecule has 0 fully saturated rings. The van der Waals surface area contributed by atoms with Gasteiger partial charge >= 0.3 is 99.2 Å². The van der Waals surface area contributed by atoms with Crippen molar-refractivity contribution in [2.75, 3.05) is 13.2 Å². The zero-order valence-corrected chi connectivity index (χ0v) is 15.4. The molecule has 0 N–H and O–H groups in total. The fourth-order valence-electron chi connectivity index (χ4n) is 0.569. The van der Waals surface area contributed by atoms with Gasteiger partial charge in [-0.15, -0.1) is 0 Å². The third kappa shape index (κ3) is 10.0. The summed E-state index contributed by atoms with van der Waals surface area (Å²) in [7, 11) is 0. The Morgan fingerprint density at radius 3 is 1.46 bits per heavy atom. The Morgan fingerprint density at radius 2 is 1.23 bits per heavy atom. The van der Waals surface area contributed by atoms with Crippen molar-refractivity contribution in [3.63, 3.8) is 0 Å². The van der Waals surface area contributed by atoms with Crippen LogP contribution in [-0.2, 0) is 21.9 Å². The predicted octanol–water partition coefficient (Wildman–Crippen LogP) is 3.94. The van der Waals surface area contributed by atoms with E-state index in [1.54, 1.807) is 0 Å². The first-order chi connectivity index (χ1) is 5.83. The average molecular weight is 485 g/mol. The second-order valence-corrected chi connectivity index (χ2v) is 35.1. The molecule has 0 aromatic rings. The topological polar surface area (TPSA) is 18.5 Å². The van der Waals surface area contributed by atoms with Crippen LogP contribution in [0.4, 0.5) is 0 Å². The van der Waals surface area contributed by atoms with Gasteiger partial charge in [-0.05, 0) is 0 Å². The molecular formula is C8H18Br2HfO2. The van der Waals surface area contributed by atoms with Crippen molar-refractivity contribution in [1.29, 1.82) is 0 Å². The predicted molar refractivity (Wildman–Crippen MR) is 59.4 cm³/mol. The molecule has 0 spiro atoms. The minimum atomic E-state index is -3.04. The van der Waals surface area contributed by atoms with Crippen LogP contribution in [0.5, 0.6) is 0 Å². The van der Waals surface area contributed by atoms with Crippen LogP contribution < -0.4 is 0 Å². The van der Waals surface area contributed by atoms with Crippen molar-refractivity contribution in [2.24, 2.45) is 11.8 Å². The van der Waals surface area contributed by atoms with E-state index in [0.29, 0.717) is 11.8 Å². The zero-order valence-electron chi connectivity index (χ0n) is 8.64. The van der Waals surface area contributed by atoms with Crippen LogP contribution in [0.15, 0.2) is 0 Å². The average Bonchev–Trinajstić information content (AvgIpc) is 1.98. The molecule has 0 radical (unpaired) electrons. The van der Waals surface area contributed by atoms with Crippen LogP contribution in [0.3, 0.4) is 0 Å². The minimum absolute atomic E-state index is 0.553. The van der Waals surface area contributed by atoms with Crippen molar-refractivity contribution in [2.45, 2.75) is 27.7 Å². The van der Waals surface area contributed by atoms with Crippen molar-refractivity contribution >= 4 is 24.6 Å². The molecule has 0 aromatic carbocycles. The van der Waals surface area contributed by atoms with E-state index in [1.165, 1.54) is 0 Å². The van der Waals surface area contributed by atoms with Crippen molar-refractivity contribution < 1.29 is 21.9 Å². The molecule has 0 atom stereocenters. The molecule has 0 amide bonds. The van der Waals surface area contributed by atoms with Crippen LogP contribution >= 0.6 is 24.6 Å². The van der Waals surface area contributed by atoms with Crippen LogP contribution in [-0.4, -0.2) is 13.2 Å². The standard InChI is InChI=1S/2C4H9O.2BrH.Hf/c2*1-4(2)3-5;;;/h2*4H,3H2,1-2H3;2*1H;/q2*-1;;;+4/p-2. The van der Waals surface area contributed by atoms with Crippen LogP contribution in [0.25, 0.3) is 0 Å². The van der Waals surface area contributed by atoms with Gasteiger partial charge in [-0.3, -0.25) is 0 Å². The van der Waals surface area contributed by atoms with Gasteiger partial charge in [0.15, 0.2) is 0 Å². The maximum absolute atomic E-state index is 5.67. The summed E-state index contributed by atoms with van der Waals surface area (Å²) in [6, 6.07) is 0. The molecule has 0 rings (SSSR count). The van der Waals surface area contributed by atoms with Crippen LogP contribution in [0.1, 0.15) is 27.7 Å².